The van der Waals surface area contributed by atoms with Crippen LogP contribution in [0.3, 0.4) is 0 Å². The summed E-state index contributed by atoms with van der Waals surface area (Å²) in [5, 5.41) is 5.40. The fourth-order valence-electron chi connectivity index (χ4n) is 3.48. The highest BCUT2D eigenvalue weighted by Crippen LogP contribution is 2.18. The average molecular weight is 571 g/mol. The van der Waals surface area contributed by atoms with E-state index < -0.39 is 29.6 Å². The number of hydrogen-bond donors (Lipinski definition) is 2. The summed E-state index contributed by atoms with van der Waals surface area (Å²) in [6, 6.07) is 1.41. The third-order valence-corrected chi connectivity index (χ3v) is 11.1. The van der Waals surface area contributed by atoms with Crippen molar-refractivity contribution >= 4 is 29.6 Å². The number of hydrogen-bond acceptors (Lipinski definition) is 10. The van der Waals surface area contributed by atoms with Crippen molar-refractivity contribution in [3.05, 3.63) is 0 Å². The number of amides is 2. The van der Waals surface area contributed by atoms with E-state index in [1.807, 2.05) is 41.2 Å². The predicted molar refractivity (Wildman–Crippen MR) is 144 cm³/mol. The van der Waals surface area contributed by atoms with Crippen LogP contribution in [0.15, 0.2) is 0 Å². The molecule has 0 aromatic rings. The van der Waals surface area contributed by atoms with Gasteiger partial charge in [0.1, 0.15) is 13.2 Å². The lowest BCUT2D eigenvalue weighted by Crippen LogP contribution is -2.46. The van der Waals surface area contributed by atoms with Gasteiger partial charge in [-0.2, -0.15) is 0 Å². The van der Waals surface area contributed by atoms with Crippen LogP contribution >= 0.6 is 0 Å². The zero-order chi connectivity index (χ0) is 27.8. The van der Waals surface area contributed by atoms with Crippen molar-refractivity contribution in [3.8, 4) is 0 Å². The van der Waals surface area contributed by atoms with Crippen LogP contribution in [0.25, 0.3) is 0 Å². The summed E-state index contributed by atoms with van der Waals surface area (Å²) < 4.78 is 44.4. The second-order valence-corrected chi connectivity index (χ2v) is 14.0. The number of rotatable bonds is 24. The Labute approximate surface area is 224 Å². The summed E-state index contributed by atoms with van der Waals surface area (Å²) in [4.78, 5) is 23.6. The molecule has 0 saturated carbocycles. The van der Waals surface area contributed by atoms with Gasteiger partial charge in [-0.05, 0) is 60.1 Å². The standard InChI is InChI=1S/C23H50N2O10Si2/c1-7-31-36(6,32-8-2)20-12-14-24-22(26)29-18-16-28-17-19-30-23(27)25-15-13-21-37(33-9-3,34-10-4)35-11-5/h7-21H2,1-6H3,(H,24,26)(H,25,27). The Kier molecular flexibility index (Phi) is 21.9. The third-order valence-electron chi connectivity index (χ3n) is 4.92. The Morgan fingerprint density at radius 1 is 0.595 bits per heavy atom. The van der Waals surface area contributed by atoms with Crippen LogP contribution in [-0.4, -0.2) is 102 Å². The van der Waals surface area contributed by atoms with Gasteiger partial charge in [0.25, 0.3) is 0 Å². The Morgan fingerprint density at radius 3 is 1.41 bits per heavy atom. The first-order chi connectivity index (χ1) is 17.8. The molecular formula is C23H50N2O10Si2. The van der Waals surface area contributed by atoms with Gasteiger partial charge in [0.2, 0.25) is 0 Å². The van der Waals surface area contributed by atoms with Gasteiger partial charge in [0.05, 0.1) is 13.2 Å². The number of ether oxygens (including phenoxy) is 3. The molecule has 0 aliphatic heterocycles. The molecule has 0 aromatic heterocycles. The van der Waals surface area contributed by atoms with Crippen molar-refractivity contribution in [3.63, 3.8) is 0 Å². The molecule has 12 nitrogen and oxygen atoms in total. The summed E-state index contributed by atoms with van der Waals surface area (Å²) >= 11 is 0. The van der Waals surface area contributed by atoms with Crippen LogP contribution in [0.5, 0.6) is 0 Å². The van der Waals surface area contributed by atoms with Crippen molar-refractivity contribution in [1.29, 1.82) is 0 Å². The minimum atomic E-state index is -2.70. The van der Waals surface area contributed by atoms with E-state index in [0.29, 0.717) is 58.6 Å². The van der Waals surface area contributed by atoms with Crippen LogP contribution in [0, 0.1) is 0 Å². The van der Waals surface area contributed by atoms with E-state index >= 15 is 0 Å². The van der Waals surface area contributed by atoms with Gasteiger partial charge in [0.15, 0.2) is 0 Å². The van der Waals surface area contributed by atoms with Gasteiger partial charge < -0.3 is 47.0 Å². The van der Waals surface area contributed by atoms with Gasteiger partial charge in [-0.1, -0.05) is 0 Å². The topological polar surface area (TPSA) is 132 Å². The number of nitrogens with one attached hydrogen (secondary N) is 2. The molecule has 0 fully saturated rings. The van der Waals surface area contributed by atoms with Gasteiger partial charge in [-0.25, -0.2) is 9.59 Å². The smallest absolute Gasteiger partial charge is 0.447 e. The minimum absolute atomic E-state index is 0.0931. The van der Waals surface area contributed by atoms with E-state index in [1.165, 1.54) is 0 Å². The minimum Gasteiger partial charge on any atom is -0.447 e. The maximum Gasteiger partial charge on any atom is 0.500 e. The maximum atomic E-state index is 11.8. The van der Waals surface area contributed by atoms with Crippen molar-refractivity contribution in [2.24, 2.45) is 0 Å². The highest BCUT2D eigenvalue weighted by Gasteiger charge is 2.39. The van der Waals surface area contributed by atoms with Crippen LogP contribution in [0.2, 0.25) is 18.6 Å². The summed E-state index contributed by atoms with van der Waals surface area (Å²) in [5.41, 5.74) is 0. The second kappa shape index (κ2) is 22.7. The molecule has 0 saturated heterocycles. The van der Waals surface area contributed by atoms with Gasteiger partial charge in [-0.15, -0.1) is 0 Å². The van der Waals surface area contributed by atoms with E-state index in [2.05, 4.69) is 10.6 Å². The molecule has 14 heteroatoms. The molecule has 0 rings (SSSR count). The summed E-state index contributed by atoms with van der Waals surface area (Å²) in [6.07, 6.45) is 0.378. The van der Waals surface area contributed by atoms with Crippen LogP contribution in [0.4, 0.5) is 9.59 Å². The first-order valence-electron chi connectivity index (χ1n) is 13.4. The molecule has 2 N–H and O–H groups in total. The molecule has 0 aliphatic rings. The van der Waals surface area contributed by atoms with Crippen molar-refractivity contribution in [1.82, 2.24) is 10.6 Å². The number of alkyl carbamates (subject to hydrolysis) is 2. The molecule has 37 heavy (non-hydrogen) atoms. The SMILES string of the molecule is CCO[Si](C)(CCCNC(=O)OCCOCCOC(=O)NCCC[Si](OCC)(OCC)OCC)OCC. The van der Waals surface area contributed by atoms with Crippen molar-refractivity contribution in [2.75, 3.05) is 72.6 Å². The van der Waals surface area contributed by atoms with Crippen LogP contribution < -0.4 is 10.6 Å². The molecular weight excluding hydrogens is 520 g/mol. The third kappa shape index (κ3) is 18.6. The molecule has 2 amide bonds. The Bertz CT molecular complexity index is 567. The van der Waals surface area contributed by atoms with Gasteiger partial charge >= 0.3 is 29.6 Å². The monoisotopic (exact) mass is 570 g/mol. The Balaban J connectivity index is 3.81. The largest absolute Gasteiger partial charge is 0.500 e. The van der Waals surface area contributed by atoms with E-state index in [9.17, 15) is 9.59 Å². The fraction of sp³-hybridized carbons (Fsp3) is 0.913. The van der Waals surface area contributed by atoms with Crippen molar-refractivity contribution < 1.29 is 45.9 Å². The molecule has 0 bridgehead atoms. The number of carbonyl (C=O) groups is 2. The summed E-state index contributed by atoms with van der Waals surface area (Å²) in [6.45, 7) is 16.0. The van der Waals surface area contributed by atoms with Crippen LogP contribution in [0.1, 0.15) is 47.5 Å². The quantitative estimate of drug-likeness (QED) is 0.131. The summed E-state index contributed by atoms with van der Waals surface area (Å²) in [7, 11) is -4.87. The lowest BCUT2D eigenvalue weighted by atomic mass is 10.5. The zero-order valence-corrected chi connectivity index (χ0v) is 25.7. The molecule has 0 spiro atoms. The molecule has 0 aliphatic carbocycles. The van der Waals surface area contributed by atoms with E-state index in [4.69, 9.17) is 36.3 Å². The second-order valence-electron chi connectivity index (χ2n) is 7.93. The molecule has 0 heterocycles. The van der Waals surface area contributed by atoms with E-state index in [0.717, 1.165) is 12.5 Å². The predicted octanol–water partition coefficient (Wildman–Crippen LogP) is 3.43. The maximum absolute atomic E-state index is 11.8. The van der Waals surface area contributed by atoms with Crippen LogP contribution in [-0.2, 0) is 36.3 Å². The average Bonchev–Trinajstić information content (AvgIpc) is 2.85. The first-order valence-corrected chi connectivity index (χ1v) is 17.8. The molecule has 0 aromatic carbocycles. The molecule has 0 radical (unpaired) electrons. The van der Waals surface area contributed by atoms with E-state index in [1.54, 1.807) is 0 Å². The van der Waals surface area contributed by atoms with Crippen molar-refractivity contribution in [2.45, 2.75) is 66.1 Å². The zero-order valence-electron chi connectivity index (χ0n) is 23.7. The Morgan fingerprint density at radius 2 is 1.00 bits per heavy atom. The highest BCUT2D eigenvalue weighted by molar-refractivity contribution is 6.66. The molecule has 0 unspecified atom stereocenters. The number of carbonyl (C=O) groups excluding carboxylic acids is 2. The highest BCUT2D eigenvalue weighted by atomic mass is 28.4. The fourth-order valence-corrected chi connectivity index (χ4v) is 8.51. The van der Waals surface area contributed by atoms with E-state index in [-0.39, 0.29) is 26.4 Å². The molecule has 220 valence electrons. The van der Waals surface area contributed by atoms with Gasteiger partial charge in [-0.3, -0.25) is 0 Å². The van der Waals surface area contributed by atoms with Gasteiger partial charge in [0, 0.05) is 52.2 Å². The Hall–Kier alpha value is -1.27. The summed E-state index contributed by atoms with van der Waals surface area (Å²) in [5.74, 6) is 0. The lowest BCUT2D eigenvalue weighted by Gasteiger charge is -2.28. The molecule has 0 atom stereocenters. The lowest BCUT2D eigenvalue weighted by molar-refractivity contribution is 0.0456. The normalized spacial score (nSPS) is 11.8. The first kappa shape index (κ1) is 35.7.